The van der Waals surface area contributed by atoms with Gasteiger partial charge < -0.3 is 4.57 Å². The number of aryl methyl sites for hydroxylation is 1. The predicted octanol–water partition coefficient (Wildman–Crippen LogP) is 3.97. The zero-order chi connectivity index (χ0) is 12.3. The quantitative estimate of drug-likeness (QED) is 0.774. The summed E-state index contributed by atoms with van der Waals surface area (Å²) in [5.41, 5.74) is 3.64. The third-order valence-corrected chi connectivity index (χ3v) is 3.23. The zero-order valence-corrected chi connectivity index (χ0v) is 10.9. The minimum Gasteiger partial charge on any atom is -0.328 e. The number of hydrogen-bond acceptors (Lipinski definition) is 1. The topological polar surface area (TPSA) is 17.8 Å². The Morgan fingerprint density at radius 1 is 1.12 bits per heavy atom. The monoisotopic (exact) mass is 228 g/mol. The van der Waals surface area contributed by atoms with E-state index in [1.165, 1.54) is 24.1 Å². The van der Waals surface area contributed by atoms with Crippen LogP contribution in [-0.2, 0) is 6.54 Å². The van der Waals surface area contributed by atoms with Crippen molar-refractivity contribution in [3.05, 3.63) is 41.7 Å². The van der Waals surface area contributed by atoms with Gasteiger partial charge in [0.1, 0.15) is 5.82 Å². The summed E-state index contributed by atoms with van der Waals surface area (Å²) in [4.78, 5) is 4.70. The molecule has 0 N–H and O–H groups in total. The maximum Gasteiger partial charge on any atom is 0.140 e. The molecule has 0 aliphatic rings. The van der Waals surface area contributed by atoms with Gasteiger partial charge in [0.15, 0.2) is 0 Å². The van der Waals surface area contributed by atoms with Crippen molar-refractivity contribution in [2.45, 2.75) is 40.2 Å². The fourth-order valence-corrected chi connectivity index (χ4v) is 2.05. The number of imidazole rings is 1. The fourth-order valence-electron chi connectivity index (χ4n) is 2.05. The van der Waals surface area contributed by atoms with Crippen LogP contribution in [0.25, 0.3) is 11.4 Å². The molecule has 17 heavy (non-hydrogen) atoms. The molecule has 0 saturated heterocycles. The van der Waals surface area contributed by atoms with E-state index in [1.807, 2.05) is 6.07 Å². The molecule has 0 aliphatic carbocycles. The summed E-state index contributed by atoms with van der Waals surface area (Å²) in [6, 6.07) is 10.4. The first-order valence-corrected chi connectivity index (χ1v) is 6.33. The smallest absolute Gasteiger partial charge is 0.140 e. The van der Waals surface area contributed by atoms with E-state index in [0.29, 0.717) is 0 Å². The average molecular weight is 228 g/mol. The minimum atomic E-state index is 1.06. The highest BCUT2D eigenvalue weighted by Gasteiger charge is 2.11. The third kappa shape index (κ3) is 2.41. The Morgan fingerprint density at radius 3 is 2.47 bits per heavy atom. The number of benzene rings is 1. The highest BCUT2D eigenvalue weighted by Crippen LogP contribution is 2.22. The van der Waals surface area contributed by atoms with Crippen LogP contribution < -0.4 is 0 Å². The molecule has 90 valence electrons. The van der Waals surface area contributed by atoms with Gasteiger partial charge in [-0.2, -0.15) is 0 Å². The van der Waals surface area contributed by atoms with Gasteiger partial charge in [-0.1, -0.05) is 43.7 Å². The van der Waals surface area contributed by atoms with Gasteiger partial charge >= 0.3 is 0 Å². The van der Waals surface area contributed by atoms with Crippen LogP contribution in [0.4, 0.5) is 0 Å². The summed E-state index contributed by atoms with van der Waals surface area (Å²) in [7, 11) is 0. The second-order valence-electron chi connectivity index (χ2n) is 4.48. The molecule has 2 heteroatoms. The molecule has 0 radical (unpaired) electrons. The summed E-state index contributed by atoms with van der Waals surface area (Å²) in [6.07, 6.45) is 2.42. The maximum atomic E-state index is 4.70. The van der Waals surface area contributed by atoms with Crippen molar-refractivity contribution in [1.29, 1.82) is 0 Å². The largest absolute Gasteiger partial charge is 0.328 e. The van der Waals surface area contributed by atoms with E-state index < -0.39 is 0 Å². The maximum absolute atomic E-state index is 4.70. The molecule has 0 aliphatic heterocycles. The van der Waals surface area contributed by atoms with E-state index in [2.05, 4.69) is 49.6 Å². The summed E-state index contributed by atoms with van der Waals surface area (Å²) in [6.45, 7) is 7.53. The molecule has 2 aromatic rings. The second kappa shape index (κ2) is 5.17. The summed E-state index contributed by atoms with van der Waals surface area (Å²) in [5, 5.41) is 0. The van der Waals surface area contributed by atoms with E-state index in [4.69, 9.17) is 4.98 Å². The van der Waals surface area contributed by atoms with Crippen LogP contribution in [0.1, 0.15) is 31.2 Å². The van der Waals surface area contributed by atoms with Crippen molar-refractivity contribution in [2.24, 2.45) is 0 Å². The van der Waals surface area contributed by atoms with Crippen molar-refractivity contribution in [3.8, 4) is 11.4 Å². The first-order valence-electron chi connectivity index (χ1n) is 6.33. The Bertz CT molecular complexity index is 483. The van der Waals surface area contributed by atoms with Gasteiger partial charge in [-0.25, -0.2) is 4.98 Å². The van der Waals surface area contributed by atoms with Crippen LogP contribution in [0, 0.1) is 13.8 Å². The van der Waals surface area contributed by atoms with Crippen molar-refractivity contribution in [2.75, 3.05) is 0 Å². The molecule has 0 fully saturated rings. The van der Waals surface area contributed by atoms with Crippen molar-refractivity contribution < 1.29 is 0 Å². The van der Waals surface area contributed by atoms with E-state index >= 15 is 0 Å². The summed E-state index contributed by atoms with van der Waals surface area (Å²) >= 11 is 0. The lowest BCUT2D eigenvalue weighted by atomic mass is 10.2. The van der Waals surface area contributed by atoms with Crippen LogP contribution in [0.2, 0.25) is 0 Å². The molecule has 0 amide bonds. The molecule has 1 aromatic carbocycles. The Morgan fingerprint density at radius 2 is 1.82 bits per heavy atom. The molecule has 1 aromatic heterocycles. The van der Waals surface area contributed by atoms with Gasteiger partial charge in [0.2, 0.25) is 0 Å². The fraction of sp³-hybridized carbons (Fsp3) is 0.400. The highest BCUT2D eigenvalue weighted by atomic mass is 15.1. The third-order valence-electron chi connectivity index (χ3n) is 3.23. The normalized spacial score (nSPS) is 10.8. The number of nitrogens with zero attached hydrogens (tertiary/aromatic N) is 2. The van der Waals surface area contributed by atoms with Crippen LogP contribution in [0.15, 0.2) is 30.3 Å². The molecule has 0 spiro atoms. The van der Waals surface area contributed by atoms with Gasteiger partial charge in [0.25, 0.3) is 0 Å². The number of rotatable bonds is 4. The lowest BCUT2D eigenvalue weighted by molar-refractivity contribution is 0.624. The summed E-state index contributed by atoms with van der Waals surface area (Å²) < 4.78 is 2.34. The molecular formula is C15H20N2. The second-order valence-corrected chi connectivity index (χ2v) is 4.48. The molecule has 2 rings (SSSR count). The van der Waals surface area contributed by atoms with Gasteiger partial charge in [0, 0.05) is 17.8 Å². The predicted molar refractivity (Wildman–Crippen MR) is 72.0 cm³/mol. The van der Waals surface area contributed by atoms with Gasteiger partial charge in [0.05, 0.1) is 5.69 Å². The lowest BCUT2D eigenvalue weighted by Gasteiger charge is -2.09. The summed E-state index contributed by atoms with van der Waals surface area (Å²) in [5.74, 6) is 1.11. The van der Waals surface area contributed by atoms with E-state index in [-0.39, 0.29) is 0 Å². The van der Waals surface area contributed by atoms with Crippen LogP contribution >= 0.6 is 0 Å². The number of aromatic nitrogens is 2. The zero-order valence-electron chi connectivity index (χ0n) is 10.9. The molecule has 0 saturated carbocycles. The molecular weight excluding hydrogens is 208 g/mol. The Balaban J connectivity index is 2.43. The molecule has 0 unspecified atom stereocenters. The van der Waals surface area contributed by atoms with Crippen molar-refractivity contribution in [1.82, 2.24) is 9.55 Å². The van der Waals surface area contributed by atoms with Gasteiger partial charge in [-0.05, 0) is 20.3 Å². The van der Waals surface area contributed by atoms with Gasteiger partial charge in [-0.15, -0.1) is 0 Å². The Hall–Kier alpha value is -1.57. The lowest BCUT2D eigenvalue weighted by Crippen LogP contribution is -2.02. The molecule has 0 atom stereocenters. The minimum absolute atomic E-state index is 1.06. The standard InChI is InChI=1S/C15H20N2/c1-4-5-11-17-13(3)12(2)16-15(17)14-9-7-6-8-10-14/h6-10H,4-5,11H2,1-3H3. The van der Waals surface area contributed by atoms with Crippen LogP contribution in [0.3, 0.4) is 0 Å². The van der Waals surface area contributed by atoms with E-state index in [1.54, 1.807) is 0 Å². The van der Waals surface area contributed by atoms with Crippen molar-refractivity contribution in [3.63, 3.8) is 0 Å². The number of hydrogen-bond donors (Lipinski definition) is 0. The Kier molecular flexibility index (Phi) is 3.62. The first-order chi connectivity index (χ1) is 8.24. The van der Waals surface area contributed by atoms with Crippen LogP contribution in [-0.4, -0.2) is 9.55 Å². The Labute approximate surface area is 103 Å². The SMILES string of the molecule is CCCCn1c(-c2ccccc2)nc(C)c1C. The molecule has 0 bridgehead atoms. The average Bonchev–Trinajstić information content (AvgIpc) is 2.65. The van der Waals surface area contributed by atoms with E-state index in [9.17, 15) is 0 Å². The molecule has 2 nitrogen and oxygen atoms in total. The van der Waals surface area contributed by atoms with E-state index in [0.717, 1.165) is 18.1 Å². The molecule has 1 heterocycles. The first kappa shape index (κ1) is 11.9. The van der Waals surface area contributed by atoms with Crippen molar-refractivity contribution >= 4 is 0 Å². The van der Waals surface area contributed by atoms with Gasteiger partial charge in [-0.3, -0.25) is 0 Å². The van der Waals surface area contributed by atoms with Crippen LogP contribution in [0.5, 0.6) is 0 Å². The highest BCUT2D eigenvalue weighted by molar-refractivity contribution is 5.56. The number of unbranched alkanes of at least 4 members (excludes halogenated alkanes) is 1.